The van der Waals surface area contributed by atoms with E-state index in [4.69, 9.17) is 18.4 Å². The molecule has 0 bridgehead atoms. The van der Waals surface area contributed by atoms with Gasteiger partial charge in [-0.2, -0.15) is 0 Å². The minimum absolute atomic E-state index is 0.310. The Balaban J connectivity index is 1.89. The van der Waals surface area contributed by atoms with Crippen molar-refractivity contribution in [3.8, 4) is 28.3 Å². The third kappa shape index (κ3) is 3.89. The average Bonchev–Trinajstić information content (AvgIpc) is 3.41. The maximum atomic E-state index is 13.4. The molecule has 2 aromatic carbocycles. The molecule has 0 radical (unpaired) electrons. The number of hydrogen-bond donors (Lipinski definition) is 1. The van der Waals surface area contributed by atoms with Crippen molar-refractivity contribution >= 4 is 16.9 Å². The van der Waals surface area contributed by atoms with E-state index in [1.165, 1.54) is 26.3 Å². The number of furan rings is 1. The molecule has 4 aromatic rings. The average molecular weight is 424 g/mol. The van der Waals surface area contributed by atoms with Crippen LogP contribution in [0.5, 0.6) is 5.75 Å². The first-order valence-corrected chi connectivity index (χ1v) is 9.72. The Labute approximate surface area is 177 Å². The van der Waals surface area contributed by atoms with E-state index in [-0.39, 0.29) is 11.7 Å². The zero-order valence-electron chi connectivity index (χ0n) is 17.3. The lowest BCUT2D eigenvalue weighted by Crippen LogP contribution is -2.18. The number of rotatable bonds is 7. The zero-order valence-corrected chi connectivity index (χ0v) is 17.3. The number of hydrogen-bond acceptors (Lipinski definition) is 6. The van der Waals surface area contributed by atoms with E-state index in [0.717, 1.165) is 0 Å². The van der Waals surface area contributed by atoms with E-state index in [1.54, 1.807) is 30.3 Å². The van der Waals surface area contributed by atoms with Crippen LogP contribution in [0.2, 0.25) is 0 Å². The van der Waals surface area contributed by atoms with Gasteiger partial charge in [-0.15, -0.1) is 0 Å². The van der Waals surface area contributed by atoms with E-state index in [1.807, 2.05) is 6.92 Å². The summed E-state index contributed by atoms with van der Waals surface area (Å²) >= 11 is 0. The van der Waals surface area contributed by atoms with Crippen LogP contribution in [0.25, 0.3) is 33.6 Å². The first-order chi connectivity index (χ1) is 15.0. The summed E-state index contributed by atoms with van der Waals surface area (Å²) in [5.41, 5.74) is 2.57. The summed E-state index contributed by atoms with van der Waals surface area (Å²) in [6.45, 7) is 2.77. The Morgan fingerprint density at radius 3 is 2.65 bits per heavy atom. The fourth-order valence-corrected chi connectivity index (χ4v) is 3.36. The largest absolute Gasteiger partial charge is 0.496 e. The van der Waals surface area contributed by atoms with Crippen LogP contribution in [-0.2, 0) is 11.3 Å². The van der Waals surface area contributed by atoms with Crippen molar-refractivity contribution in [2.24, 2.45) is 0 Å². The fraction of sp³-hybridized carbons (Fsp3) is 0.217. The molecular formula is C23H21FN2O5. The Morgan fingerprint density at radius 1 is 1.19 bits per heavy atom. The first kappa shape index (κ1) is 20.6. The second-order valence-electron chi connectivity index (χ2n) is 6.76. The van der Waals surface area contributed by atoms with Gasteiger partial charge < -0.3 is 23.7 Å². The van der Waals surface area contributed by atoms with Crippen LogP contribution < -0.4 is 10.1 Å². The van der Waals surface area contributed by atoms with Gasteiger partial charge in [0.1, 0.15) is 35.2 Å². The molecule has 0 aliphatic rings. The van der Waals surface area contributed by atoms with Crippen LogP contribution in [0.4, 0.5) is 4.39 Å². The Kier molecular flexibility index (Phi) is 5.73. The number of carbonyl (C=O) groups excluding carboxylic acids is 1. The molecule has 160 valence electrons. The van der Waals surface area contributed by atoms with Crippen LogP contribution in [0.15, 0.2) is 51.4 Å². The number of methoxy groups -OCH3 is 1. The SMILES string of the molecule is CCOCc1cc(-c2cc3oc(-c4ccc(F)cc4)c(C(=O)NC)c3cc2OC)no1. The van der Waals surface area contributed by atoms with Crippen LogP contribution in [0, 0.1) is 5.82 Å². The quantitative estimate of drug-likeness (QED) is 0.459. The predicted molar refractivity (Wildman–Crippen MR) is 112 cm³/mol. The molecule has 0 atom stereocenters. The predicted octanol–water partition coefficient (Wildman–Crippen LogP) is 4.80. The summed E-state index contributed by atoms with van der Waals surface area (Å²) in [6.07, 6.45) is 0. The Hall–Kier alpha value is -3.65. The zero-order chi connectivity index (χ0) is 22.0. The lowest BCUT2D eigenvalue weighted by Gasteiger charge is -2.06. The molecule has 0 fully saturated rings. The van der Waals surface area contributed by atoms with Gasteiger partial charge in [-0.25, -0.2) is 4.39 Å². The molecule has 0 saturated carbocycles. The van der Waals surface area contributed by atoms with Crippen LogP contribution in [0.3, 0.4) is 0 Å². The van der Waals surface area contributed by atoms with Gasteiger partial charge in [-0.1, -0.05) is 5.16 Å². The summed E-state index contributed by atoms with van der Waals surface area (Å²) in [5, 5.41) is 7.31. The number of amides is 1. The number of carbonyl (C=O) groups is 1. The second-order valence-corrected chi connectivity index (χ2v) is 6.76. The van der Waals surface area contributed by atoms with E-state index in [9.17, 15) is 9.18 Å². The molecule has 31 heavy (non-hydrogen) atoms. The monoisotopic (exact) mass is 424 g/mol. The highest BCUT2D eigenvalue weighted by Crippen LogP contribution is 2.40. The van der Waals surface area contributed by atoms with Gasteiger partial charge in [0.15, 0.2) is 5.76 Å². The van der Waals surface area contributed by atoms with E-state index < -0.39 is 0 Å². The van der Waals surface area contributed by atoms with Crippen LogP contribution in [0.1, 0.15) is 23.0 Å². The number of ether oxygens (including phenoxy) is 2. The normalized spacial score (nSPS) is 11.1. The van der Waals surface area contributed by atoms with Gasteiger partial charge in [-0.3, -0.25) is 4.79 Å². The van der Waals surface area contributed by atoms with Crippen molar-refractivity contribution in [3.05, 3.63) is 59.6 Å². The van der Waals surface area contributed by atoms with E-state index in [2.05, 4.69) is 10.5 Å². The van der Waals surface area contributed by atoms with Crippen molar-refractivity contribution < 1.29 is 27.6 Å². The number of nitrogens with zero attached hydrogens (tertiary/aromatic N) is 1. The smallest absolute Gasteiger partial charge is 0.255 e. The molecule has 0 saturated heterocycles. The number of aromatic nitrogens is 1. The molecule has 0 spiro atoms. The highest BCUT2D eigenvalue weighted by molar-refractivity contribution is 6.12. The van der Waals surface area contributed by atoms with E-state index >= 15 is 0 Å². The maximum absolute atomic E-state index is 13.4. The van der Waals surface area contributed by atoms with Crippen LogP contribution in [-0.4, -0.2) is 31.8 Å². The molecule has 0 unspecified atom stereocenters. The van der Waals surface area contributed by atoms with Crippen molar-refractivity contribution in [2.75, 3.05) is 20.8 Å². The summed E-state index contributed by atoms with van der Waals surface area (Å²) in [4.78, 5) is 12.7. The molecule has 8 heteroatoms. The molecule has 2 aromatic heterocycles. The molecular weight excluding hydrogens is 403 g/mol. The minimum atomic E-state index is -0.376. The molecule has 0 aliphatic carbocycles. The molecule has 4 rings (SSSR count). The Bertz CT molecular complexity index is 1230. The van der Waals surface area contributed by atoms with Gasteiger partial charge in [0, 0.05) is 36.2 Å². The molecule has 1 amide bonds. The van der Waals surface area contributed by atoms with Crippen LogP contribution >= 0.6 is 0 Å². The standard InChI is InChI=1S/C23H21FN2O5/c1-4-29-12-15-9-18(26-31-15)16-10-20-17(11-19(16)28-3)21(23(27)25-2)22(30-20)13-5-7-14(24)8-6-13/h5-11H,4,12H2,1-3H3,(H,25,27). The van der Waals surface area contributed by atoms with Gasteiger partial charge in [0.25, 0.3) is 5.91 Å². The number of fused-ring (bicyclic) bond motifs is 1. The maximum Gasteiger partial charge on any atom is 0.255 e. The van der Waals surface area contributed by atoms with E-state index in [0.29, 0.717) is 63.8 Å². The lowest BCUT2D eigenvalue weighted by atomic mass is 10.0. The lowest BCUT2D eigenvalue weighted by molar-refractivity contribution is 0.0964. The number of nitrogens with one attached hydrogen (secondary N) is 1. The summed E-state index contributed by atoms with van der Waals surface area (Å²) < 4.78 is 35.7. The first-order valence-electron chi connectivity index (χ1n) is 9.72. The second kappa shape index (κ2) is 8.61. The molecule has 0 aliphatic heterocycles. The third-order valence-corrected chi connectivity index (χ3v) is 4.85. The van der Waals surface area contributed by atoms with Crippen molar-refractivity contribution in [2.45, 2.75) is 13.5 Å². The highest BCUT2D eigenvalue weighted by Gasteiger charge is 2.24. The highest BCUT2D eigenvalue weighted by atomic mass is 19.1. The van der Waals surface area contributed by atoms with Gasteiger partial charge in [-0.05, 0) is 43.3 Å². The number of benzene rings is 2. The molecule has 7 nitrogen and oxygen atoms in total. The molecule has 2 heterocycles. The van der Waals surface area contributed by atoms with Crippen molar-refractivity contribution in [1.82, 2.24) is 10.5 Å². The molecule has 1 N–H and O–H groups in total. The van der Waals surface area contributed by atoms with Gasteiger partial charge in [0.05, 0.1) is 12.7 Å². The van der Waals surface area contributed by atoms with Crippen molar-refractivity contribution in [1.29, 1.82) is 0 Å². The minimum Gasteiger partial charge on any atom is -0.496 e. The van der Waals surface area contributed by atoms with Gasteiger partial charge >= 0.3 is 0 Å². The van der Waals surface area contributed by atoms with Crippen molar-refractivity contribution in [3.63, 3.8) is 0 Å². The topological polar surface area (TPSA) is 86.7 Å². The number of halogens is 1. The Morgan fingerprint density at radius 2 is 1.97 bits per heavy atom. The summed E-state index contributed by atoms with van der Waals surface area (Å²) in [5.74, 6) is 0.718. The fourth-order valence-electron chi connectivity index (χ4n) is 3.36. The summed E-state index contributed by atoms with van der Waals surface area (Å²) in [6, 6.07) is 11.0. The summed E-state index contributed by atoms with van der Waals surface area (Å²) in [7, 11) is 3.07. The van der Waals surface area contributed by atoms with Gasteiger partial charge in [0.2, 0.25) is 0 Å². The third-order valence-electron chi connectivity index (χ3n) is 4.85.